The Kier molecular flexibility index (Phi) is 7.60. The molecule has 0 radical (unpaired) electrons. The van der Waals surface area contributed by atoms with Crippen LogP contribution < -0.4 is 0 Å². The van der Waals surface area contributed by atoms with Crippen LogP contribution in [-0.2, 0) is 16.1 Å². The van der Waals surface area contributed by atoms with E-state index in [1.165, 1.54) is 0 Å². The van der Waals surface area contributed by atoms with Gasteiger partial charge in [-0.05, 0) is 47.1 Å². The maximum absolute atomic E-state index is 13.2. The Bertz CT molecular complexity index is 688. The van der Waals surface area contributed by atoms with Gasteiger partial charge in [-0.15, -0.1) is 0 Å². The summed E-state index contributed by atoms with van der Waals surface area (Å²) in [6.45, 7) is 15.8. The van der Waals surface area contributed by atoms with Gasteiger partial charge < -0.3 is 14.2 Å². The van der Waals surface area contributed by atoms with Crippen molar-refractivity contribution in [3.63, 3.8) is 0 Å². The van der Waals surface area contributed by atoms with Gasteiger partial charge in [0.1, 0.15) is 5.69 Å². The second-order valence-electron chi connectivity index (χ2n) is 6.72. The number of carbonyl (C=O) groups excluding carboxylic acids is 3. The van der Waals surface area contributed by atoms with Crippen LogP contribution in [0, 0.1) is 19.8 Å². The van der Waals surface area contributed by atoms with E-state index in [2.05, 4.69) is 0 Å². The van der Waals surface area contributed by atoms with Crippen molar-refractivity contribution >= 4 is 17.7 Å². The summed E-state index contributed by atoms with van der Waals surface area (Å²) in [4.78, 5) is 39.6. The lowest BCUT2D eigenvalue weighted by molar-refractivity contribution is -0.135. The summed E-state index contributed by atoms with van der Waals surface area (Å²) in [5.74, 6) is -0.798. The van der Waals surface area contributed by atoms with Crippen LogP contribution in [0.15, 0.2) is 0 Å². The molecular weight excluding hydrogens is 332 g/mol. The molecule has 0 bridgehead atoms. The number of amides is 1. The summed E-state index contributed by atoms with van der Waals surface area (Å²) in [6, 6.07) is -0.588. The fourth-order valence-electron chi connectivity index (χ4n) is 3.42. The molecule has 6 nitrogen and oxygen atoms in total. The van der Waals surface area contributed by atoms with E-state index in [1.54, 1.807) is 25.7 Å². The largest absolute Gasteiger partial charge is 0.461 e. The van der Waals surface area contributed by atoms with Gasteiger partial charge in [0.2, 0.25) is 5.91 Å². The first-order chi connectivity index (χ1) is 12.1. The fourth-order valence-corrected chi connectivity index (χ4v) is 3.42. The topological polar surface area (TPSA) is 68.6 Å². The maximum Gasteiger partial charge on any atom is 0.355 e. The van der Waals surface area contributed by atoms with Crippen molar-refractivity contribution < 1.29 is 19.1 Å². The molecule has 1 unspecified atom stereocenters. The van der Waals surface area contributed by atoms with E-state index >= 15 is 0 Å². The summed E-state index contributed by atoms with van der Waals surface area (Å²) in [6.07, 6.45) is 0. The van der Waals surface area contributed by atoms with Crippen LogP contribution in [0.2, 0.25) is 0 Å². The van der Waals surface area contributed by atoms with Gasteiger partial charge in [-0.2, -0.15) is 0 Å². The minimum absolute atomic E-state index is 0.0517. The van der Waals surface area contributed by atoms with Gasteiger partial charge in [0.05, 0.1) is 12.6 Å². The van der Waals surface area contributed by atoms with Gasteiger partial charge in [-0.3, -0.25) is 9.59 Å². The normalized spacial score (nSPS) is 12.2. The zero-order valence-corrected chi connectivity index (χ0v) is 17.3. The Morgan fingerprint density at radius 2 is 1.65 bits per heavy atom. The molecule has 0 saturated heterocycles. The number of carbonyl (C=O) groups is 3. The smallest absolute Gasteiger partial charge is 0.355 e. The Balaban J connectivity index is 3.40. The second kappa shape index (κ2) is 9.01. The molecule has 6 heteroatoms. The molecule has 0 spiro atoms. The number of ketones is 1. The highest BCUT2D eigenvalue weighted by molar-refractivity contribution is 6.06. The second-order valence-corrected chi connectivity index (χ2v) is 6.72. The van der Waals surface area contributed by atoms with E-state index in [4.69, 9.17) is 4.74 Å². The van der Waals surface area contributed by atoms with Crippen LogP contribution in [0.3, 0.4) is 0 Å². The van der Waals surface area contributed by atoms with Crippen molar-refractivity contribution in [2.24, 2.45) is 5.92 Å². The molecule has 0 fully saturated rings. The number of aromatic nitrogens is 1. The molecule has 146 valence electrons. The van der Waals surface area contributed by atoms with Crippen molar-refractivity contribution in [3.8, 4) is 0 Å². The summed E-state index contributed by atoms with van der Waals surface area (Å²) in [5.41, 5.74) is 2.28. The van der Waals surface area contributed by atoms with Crippen molar-refractivity contribution in [3.05, 3.63) is 22.5 Å². The predicted molar refractivity (Wildman–Crippen MR) is 102 cm³/mol. The van der Waals surface area contributed by atoms with Crippen molar-refractivity contribution in [2.75, 3.05) is 13.2 Å². The Morgan fingerprint density at radius 1 is 1.08 bits per heavy atom. The van der Waals surface area contributed by atoms with Crippen LogP contribution in [0.1, 0.15) is 73.6 Å². The Hall–Kier alpha value is -2.11. The SMILES string of the molecule is CCOC(=O)c1c(C)c(C(=O)C(C)N(CC)C(=O)C(C)C)c(C)n1CC. The number of rotatable bonds is 8. The average Bonchev–Trinajstić information content (AvgIpc) is 2.84. The highest BCUT2D eigenvalue weighted by Crippen LogP contribution is 2.26. The lowest BCUT2D eigenvalue weighted by Crippen LogP contribution is -2.45. The molecule has 0 aliphatic carbocycles. The van der Waals surface area contributed by atoms with Gasteiger partial charge in [-0.1, -0.05) is 13.8 Å². The van der Waals surface area contributed by atoms with Crippen LogP contribution in [-0.4, -0.2) is 46.3 Å². The number of hydrogen-bond donors (Lipinski definition) is 0. The number of esters is 1. The predicted octanol–water partition coefficient (Wildman–Crippen LogP) is 3.38. The third-order valence-corrected chi connectivity index (χ3v) is 4.76. The molecule has 1 heterocycles. The van der Waals surface area contributed by atoms with E-state index in [9.17, 15) is 14.4 Å². The van der Waals surface area contributed by atoms with E-state index in [0.717, 1.165) is 5.69 Å². The first-order valence-electron chi connectivity index (χ1n) is 9.35. The van der Waals surface area contributed by atoms with E-state index in [0.29, 0.717) is 29.9 Å². The first-order valence-corrected chi connectivity index (χ1v) is 9.35. The molecule has 0 saturated carbocycles. The highest BCUT2D eigenvalue weighted by Gasteiger charge is 2.32. The maximum atomic E-state index is 13.2. The number of likely N-dealkylation sites (N-methyl/N-ethyl adjacent to an activating group) is 1. The van der Waals surface area contributed by atoms with Crippen LogP contribution in [0.4, 0.5) is 0 Å². The molecule has 0 N–H and O–H groups in total. The van der Waals surface area contributed by atoms with Gasteiger partial charge in [0, 0.05) is 30.3 Å². The summed E-state index contributed by atoms with van der Waals surface area (Å²) in [5, 5.41) is 0. The molecule has 1 aromatic heterocycles. The minimum atomic E-state index is -0.588. The van der Waals surface area contributed by atoms with Gasteiger partial charge >= 0.3 is 5.97 Å². The summed E-state index contributed by atoms with van der Waals surface area (Å²) >= 11 is 0. The van der Waals surface area contributed by atoms with Crippen LogP contribution >= 0.6 is 0 Å². The summed E-state index contributed by atoms with van der Waals surface area (Å²) < 4.78 is 6.98. The van der Waals surface area contributed by atoms with E-state index in [1.807, 2.05) is 39.2 Å². The quantitative estimate of drug-likeness (QED) is 0.524. The van der Waals surface area contributed by atoms with Crippen molar-refractivity contribution in [1.82, 2.24) is 9.47 Å². The van der Waals surface area contributed by atoms with Crippen molar-refractivity contribution in [2.45, 2.75) is 68.0 Å². The van der Waals surface area contributed by atoms with Gasteiger partial charge in [0.25, 0.3) is 0 Å². The Morgan fingerprint density at radius 3 is 2.08 bits per heavy atom. The van der Waals surface area contributed by atoms with Crippen LogP contribution in [0.25, 0.3) is 0 Å². The molecule has 1 amide bonds. The fraction of sp³-hybridized carbons (Fsp3) is 0.650. The third-order valence-electron chi connectivity index (χ3n) is 4.76. The van der Waals surface area contributed by atoms with Crippen molar-refractivity contribution in [1.29, 1.82) is 0 Å². The lowest BCUT2D eigenvalue weighted by Gasteiger charge is -2.29. The molecule has 0 aliphatic heterocycles. The van der Waals surface area contributed by atoms with E-state index < -0.39 is 12.0 Å². The monoisotopic (exact) mass is 364 g/mol. The number of hydrogen-bond acceptors (Lipinski definition) is 4. The van der Waals surface area contributed by atoms with Gasteiger partial charge in [0.15, 0.2) is 5.78 Å². The zero-order chi connectivity index (χ0) is 20.2. The third kappa shape index (κ3) is 4.00. The number of nitrogens with zero attached hydrogens (tertiary/aromatic N) is 2. The first kappa shape index (κ1) is 21.9. The lowest BCUT2D eigenvalue weighted by atomic mass is 9.99. The molecule has 1 aromatic rings. The molecular formula is C20H32N2O4. The molecule has 0 aliphatic rings. The number of Topliss-reactive ketones (excluding diaryl/α,β-unsaturated/α-hetero) is 1. The minimum Gasteiger partial charge on any atom is -0.461 e. The van der Waals surface area contributed by atoms with E-state index in [-0.39, 0.29) is 24.2 Å². The molecule has 26 heavy (non-hydrogen) atoms. The van der Waals surface area contributed by atoms with Crippen LogP contribution in [0.5, 0.6) is 0 Å². The number of ether oxygens (including phenoxy) is 1. The zero-order valence-electron chi connectivity index (χ0n) is 17.3. The highest BCUT2D eigenvalue weighted by atomic mass is 16.5. The molecule has 1 atom stereocenters. The standard InChI is InChI=1S/C20H32N2O4/c1-9-21-14(7)16(13(6)17(21)20(25)26-11-3)18(23)15(8)22(10-2)19(24)12(4)5/h12,15H,9-11H2,1-8H3. The Labute approximate surface area is 156 Å². The molecule has 1 rings (SSSR count). The summed E-state index contributed by atoms with van der Waals surface area (Å²) in [7, 11) is 0. The molecule has 0 aromatic carbocycles. The average molecular weight is 364 g/mol. The van der Waals surface area contributed by atoms with Gasteiger partial charge in [-0.25, -0.2) is 4.79 Å².